The van der Waals surface area contributed by atoms with Gasteiger partial charge in [0.25, 0.3) is 0 Å². The van der Waals surface area contributed by atoms with Crippen molar-refractivity contribution in [2.24, 2.45) is 11.8 Å². The summed E-state index contributed by atoms with van der Waals surface area (Å²) in [5.74, 6) is 1.81. The smallest absolute Gasteiger partial charge is 0.150 e. The minimum Gasteiger partial charge on any atom is -0.229 e. The van der Waals surface area contributed by atoms with Gasteiger partial charge in [0.1, 0.15) is 0 Å². The maximum atomic E-state index is 11.4. The van der Waals surface area contributed by atoms with E-state index in [-0.39, 0.29) is 0 Å². The van der Waals surface area contributed by atoms with Gasteiger partial charge in [-0.25, -0.2) is 8.42 Å². The van der Waals surface area contributed by atoms with Crippen LogP contribution in [0, 0.1) is 11.8 Å². The zero-order chi connectivity index (χ0) is 12.0. The molecular formula is C12H23BrO2S. The quantitative estimate of drug-likeness (QED) is 0.533. The molecule has 2 unspecified atom stereocenters. The Balaban J connectivity index is 2.31. The molecule has 0 amide bonds. The first kappa shape index (κ1) is 14.5. The molecule has 0 radical (unpaired) electrons. The second kappa shape index (κ2) is 7.00. The van der Waals surface area contributed by atoms with Gasteiger partial charge < -0.3 is 0 Å². The largest absolute Gasteiger partial charge is 0.229 e. The number of hydrogen-bond donors (Lipinski definition) is 0. The molecule has 1 aliphatic heterocycles. The number of halogens is 1. The third-order valence-electron chi connectivity index (χ3n) is 3.56. The molecule has 1 rings (SSSR count). The number of alkyl halides is 1. The standard InChI is InChI=1S/C12H23BrO2S/c1-2-3-4-5-6-11(9-13)12-7-8-16(14,15)10-12/h11-12H,2-10H2,1H3. The van der Waals surface area contributed by atoms with Crippen molar-refractivity contribution in [1.82, 2.24) is 0 Å². The van der Waals surface area contributed by atoms with E-state index in [0.29, 0.717) is 23.3 Å². The van der Waals surface area contributed by atoms with E-state index in [0.717, 1.165) is 11.8 Å². The Kier molecular flexibility index (Phi) is 6.34. The topological polar surface area (TPSA) is 34.1 Å². The Morgan fingerprint density at radius 1 is 1.31 bits per heavy atom. The van der Waals surface area contributed by atoms with Crippen LogP contribution in [0.2, 0.25) is 0 Å². The van der Waals surface area contributed by atoms with Crippen molar-refractivity contribution in [3.05, 3.63) is 0 Å². The third kappa shape index (κ3) is 4.74. The van der Waals surface area contributed by atoms with E-state index < -0.39 is 9.84 Å². The first-order valence-electron chi connectivity index (χ1n) is 6.35. The SMILES string of the molecule is CCCCCCC(CBr)C1CCS(=O)(=O)C1. The molecule has 1 aliphatic rings. The Hall–Kier alpha value is 0.430. The van der Waals surface area contributed by atoms with Crippen molar-refractivity contribution in [2.75, 3.05) is 16.8 Å². The Morgan fingerprint density at radius 3 is 2.56 bits per heavy atom. The van der Waals surface area contributed by atoms with Gasteiger partial charge in [-0.2, -0.15) is 0 Å². The lowest BCUT2D eigenvalue weighted by Gasteiger charge is -2.19. The van der Waals surface area contributed by atoms with E-state index in [9.17, 15) is 8.42 Å². The fourth-order valence-electron chi connectivity index (χ4n) is 2.47. The molecule has 0 aromatic rings. The zero-order valence-electron chi connectivity index (χ0n) is 10.1. The van der Waals surface area contributed by atoms with Crippen molar-refractivity contribution < 1.29 is 8.42 Å². The molecule has 1 saturated heterocycles. The summed E-state index contributed by atoms with van der Waals surface area (Å²) in [6.45, 7) is 2.21. The van der Waals surface area contributed by atoms with Crippen molar-refractivity contribution in [2.45, 2.75) is 45.4 Å². The average molecular weight is 311 g/mol. The summed E-state index contributed by atoms with van der Waals surface area (Å²) in [4.78, 5) is 0. The monoisotopic (exact) mass is 310 g/mol. The summed E-state index contributed by atoms with van der Waals surface area (Å²) in [6, 6.07) is 0. The second-order valence-corrected chi connectivity index (χ2v) is 7.80. The molecule has 0 saturated carbocycles. The zero-order valence-corrected chi connectivity index (χ0v) is 12.5. The lowest BCUT2D eigenvalue weighted by Crippen LogP contribution is -2.17. The maximum absolute atomic E-state index is 11.4. The second-order valence-electron chi connectivity index (χ2n) is 4.93. The van der Waals surface area contributed by atoms with E-state index in [2.05, 4.69) is 22.9 Å². The molecule has 1 fully saturated rings. The molecule has 2 nitrogen and oxygen atoms in total. The molecule has 0 N–H and O–H groups in total. The predicted octanol–water partition coefficient (Wildman–Crippen LogP) is 3.40. The van der Waals surface area contributed by atoms with Crippen LogP contribution in [0.3, 0.4) is 0 Å². The van der Waals surface area contributed by atoms with Crippen LogP contribution in [0.15, 0.2) is 0 Å². The summed E-state index contributed by atoms with van der Waals surface area (Å²) in [5.41, 5.74) is 0. The van der Waals surface area contributed by atoms with Crippen LogP contribution in [-0.4, -0.2) is 25.3 Å². The molecule has 0 aromatic heterocycles. The van der Waals surface area contributed by atoms with E-state index in [1.165, 1.54) is 32.1 Å². The minimum absolute atomic E-state index is 0.408. The molecule has 96 valence electrons. The Bertz CT molecular complexity index is 287. The molecule has 0 aliphatic carbocycles. The highest BCUT2D eigenvalue weighted by Crippen LogP contribution is 2.30. The van der Waals surface area contributed by atoms with Crippen LogP contribution < -0.4 is 0 Å². The predicted molar refractivity (Wildman–Crippen MR) is 72.8 cm³/mol. The first-order valence-corrected chi connectivity index (χ1v) is 9.29. The van der Waals surface area contributed by atoms with Gasteiger partial charge in [-0.1, -0.05) is 48.5 Å². The average Bonchev–Trinajstić information content (AvgIpc) is 2.59. The van der Waals surface area contributed by atoms with Gasteiger partial charge in [0.2, 0.25) is 0 Å². The molecule has 16 heavy (non-hydrogen) atoms. The number of unbranched alkanes of at least 4 members (excludes halogenated alkanes) is 3. The fraction of sp³-hybridized carbons (Fsp3) is 1.00. The molecule has 0 spiro atoms. The van der Waals surface area contributed by atoms with Crippen LogP contribution in [0.1, 0.15) is 45.4 Å². The fourth-order valence-corrected chi connectivity index (χ4v) is 5.24. The van der Waals surface area contributed by atoms with E-state index in [4.69, 9.17) is 0 Å². The van der Waals surface area contributed by atoms with Crippen molar-refractivity contribution in [1.29, 1.82) is 0 Å². The van der Waals surface area contributed by atoms with E-state index >= 15 is 0 Å². The van der Waals surface area contributed by atoms with Gasteiger partial charge in [-0.3, -0.25) is 0 Å². The highest BCUT2D eigenvalue weighted by atomic mass is 79.9. The first-order chi connectivity index (χ1) is 7.59. The van der Waals surface area contributed by atoms with E-state index in [1.54, 1.807) is 0 Å². The van der Waals surface area contributed by atoms with E-state index in [1.807, 2.05) is 0 Å². The maximum Gasteiger partial charge on any atom is 0.150 e. The lowest BCUT2D eigenvalue weighted by molar-refractivity contribution is 0.365. The molecule has 0 bridgehead atoms. The van der Waals surface area contributed by atoms with Crippen LogP contribution in [0.4, 0.5) is 0 Å². The third-order valence-corrected chi connectivity index (χ3v) is 6.19. The molecule has 4 heteroatoms. The molecular weight excluding hydrogens is 288 g/mol. The minimum atomic E-state index is -2.71. The van der Waals surface area contributed by atoms with Crippen molar-refractivity contribution >= 4 is 25.8 Å². The lowest BCUT2D eigenvalue weighted by atomic mass is 9.89. The highest BCUT2D eigenvalue weighted by molar-refractivity contribution is 9.09. The van der Waals surface area contributed by atoms with Crippen molar-refractivity contribution in [3.8, 4) is 0 Å². The highest BCUT2D eigenvalue weighted by Gasteiger charge is 2.32. The van der Waals surface area contributed by atoms with Crippen LogP contribution in [-0.2, 0) is 9.84 Å². The molecule has 0 aromatic carbocycles. The van der Waals surface area contributed by atoms with Crippen LogP contribution in [0.5, 0.6) is 0 Å². The van der Waals surface area contributed by atoms with Gasteiger partial charge in [0.05, 0.1) is 11.5 Å². The number of hydrogen-bond acceptors (Lipinski definition) is 2. The number of sulfone groups is 1. The van der Waals surface area contributed by atoms with Crippen LogP contribution in [0.25, 0.3) is 0 Å². The van der Waals surface area contributed by atoms with Gasteiger partial charge in [-0.05, 0) is 24.7 Å². The Labute approximate surface area is 108 Å². The molecule has 1 heterocycles. The number of rotatable bonds is 7. The van der Waals surface area contributed by atoms with Gasteiger partial charge >= 0.3 is 0 Å². The van der Waals surface area contributed by atoms with Crippen LogP contribution >= 0.6 is 15.9 Å². The van der Waals surface area contributed by atoms with Gasteiger partial charge in [0, 0.05) is 5.33 Å². The normalized spacial score (nSPS) is 25.8. The Morgan fingerprint density at radius 2 is 2.06 bits per heavy atom. The summed E-state index contributed by atoms with van der Waals surface area (Å²) in [5, 5.41) is 0.958. The van der Waals surface area contributed by atoms with Gasteiger partial charge in [0.15, 0.2) is 9.84 Å². The summed E-state index contributed by atoms with van der Waals surface area (Å²) in [7, 11) is -2.71. The summed E-state index contributed by atoms with van der Waals surface area (Å²) in [6.07, 6.45) is 7.17. The van der Waals surface area contributed by atoms with Crippen molar-refractivity contribution in [3.63, 3.8) is 0 Å². The summed E-state index contributed by atoms with van der Waals surface area (Å²) < 4.78 is 22.8. The molecule has 2 atom stereocenters. The summed E-state index contributed by atoms with van der Waals surface area (Å²) >= 11 is 3.54. The van der Waals surface area contributed by atoms with Gasteiger partial charge in [-0.15, -0.1) is 0 Å².